The Morgan fingerprint density at radius 1 is 0.632 bits per heavy atom. The zero-order chi connectivity index (χ0) is 42.6. The molecule has 0 radical (unpaired) electrons. The molecule has 0 saturated heterocycles. The predicted molar refractivity (Wildman–Crippen MR) is 186 cm³/mol. The van der Waals surface area contributed by atoms with Gasteiger partial charge in [-0.3, -0.25) is 0 Å². The lowest BCUT2D eigenvalue weighted by atomic mass is 9.92. The molecule has 4 aromatic carbocycles. The van der Waals surface area contributed by atoms with Gasteiger partial charge in [0.25, 0.3) is 0 Å². The van der Waals surface area contributed by atoms with Gasteiger partial charge >= 0.3 is 24.7 Å². The van der Waals surface area contributed by atoms with Crippen LogP contribution in [0.25, 0.3) is 11.1 Å². The molecule has 0 aliphatic heterocycles. The molecule has 8 nitrogen and oxygen atoms in total. The topological polar surface area (TPSA) is 84.5 Å². The highest BCUT2D eigenvalue weighted by Crippen LogP contribution is 2.45. The Morgan fingerprint density at radius 2 is 1.18 bits per heavy atom. The molecule has 4 rings (SSSR count). The van der Waals surface area contributed by atoms with Crippen molar-refractivity contribution >= 4 is 6.16 Å². The fourth-order valence-corrected chi connectivity index (χ4v) is 5.92. The molecule has 4 aromatic rings. The van der Waals surface area contributed by atoms with E-state index in [9.17, 15) is 48.7 Å². The van der Waals surface area contributed by atoms with Crippen LogP contribution in [0.15, 0.2) is 60.7 Å². The molecule has 18 heteroatoms. The number of benzene rings is 4. The first-order valence-electron chi connectivity index (χ1n) is 16.8. The molecule has 2 atom stereocenters. The van der Waals surface area contributed by atoms with Crippen LogP contribution in [0.3, 0.4) is 0 Å². The summed E-state index contributed by atoms with van der Waals surface area (Å²) in [6.07, 6.45) is -19.1. The molecule has 0 aliphatic rings. The summed E-state index contributed by atoms with van der Waals surface area (Å²) in [4.78, 5) is 13.3. The number of ether oxygens (including phenoxy) is 6. The summed E-state index contributed by atoms with van der Waals surface area (Å²) in [6.45, 7) is 4.05. The number of halogens is 10. The number of carbonyl (C=O) groups is 1. The summed E-state index contributed by atoms with van der Waals surface area (Å²) in [6, 6.07) is 6.77. The third kappa shape index (κ3) is 10.3. The Morgan fingerprint density at radius 3 is 1.68 bits per heavy atom. The van der Waals surface area contributed by atoms with Gasteiger partial charge in [-0.25, -0.2) is 9.18 Å². The highest BCUT2D eigenvalue weighted by atomic mass is 19.4. The average Bonchev–Trinajstić information content (AvgIpc) is 3.14. The van der Waals surface area contributed by atoms with Crippen molar-refractivity contribution in [1.29, 1.82) is 0 Å². The van der Waals surface area contributed by atoms with Crippen molar-refractivity contribution in [2.45, 2.75) is 63.9 Å². The fourth-order valence-electron chi connectivity index (χ4n) is 5.92. The van der Waals surface area contributed by atoms with Gasteiger partial charge in [0.1, 0.15) is 17.7 Å². The summed E-state index contributed by atoms with van der Waals surface area (Å²) in [7, 11) is 4.94. The van der Waals surface area contributed by atoms with Crippen LogP contribution in [0.5, 0.6) is 28.7 Å². The highest BCUT2D eigenvalue weighted by molar-refractivity contribution is 5.75. The summed E-state index contributed by atoms with van der Waals surface area (Å²) >= 11 is 0. The van der Waals surface area contributed by atoms with E-state index >= 15 is 0 Å². The van der Waals surface area contributed by atoms with Gasteiger partial charge in [-0.15, -0.1) is 0 Å². The number of hydrogen-bond acceptors (Lipinski definition) is 8. The predicted octanol–water partition coefficient (Wildman–Crippen LogP) is 11.1. The Labute approximate surface area is 320 Å². The van der Waals surface area contributed by atoms with Crippen LogP contribution >= 0.6 is 0 Å². The largest absolute Gasteiger partial charge is 0.514 e. The second-order valence-corrected chi connectivity index (χ2v) is 12.8. The third-order valence-corrected chi connectivity index (χ3v) is 8.76. The summed E-state index contributed by atoms with van der Waals surface area (Å²) in [5.41, 5.74) is -4.92. The van der Waals surface area contributed by atoms with E-state index in [0.29, 0.717) is 12.1 Å². The van der Waals surface area contributed by atoms with E-state index in [1.54, 1.807) is 13.8 Å². The lowest BCUT2D eigenvalue weighted by molar-refractivity contribution is -0.143. The normalized spacial score (nSPS) is 13.2. The molecule has 310 valence electrons. The maximum atomic E-state index is 14.9. The standard InChI is InChI=1S/C39H37F10NO7/c1-19(2)27-16-28(32(53-5)17-29(27)40)26-9-8-23(37(41,42)43)14-22(26)18-50-20(3)33(21-12-24(38(44,45)46)15-25(13-21)39(47,48)49)57-36(51)56-31-11-10-30(52-4)34(54-6)35(31)55-7/h8-17,19-20,33,50H,18H2,1-7H3/t20-,33-/m0/s1. The van der Waals surface area contributed by atoms with Crippen molar-refractivity contribution in [1.82, 2.24) is 5.32 Å². The van der Waals surface area contributed by atoms with Gasteiger partial charge < -0.3 is 33.7 Å². The van der Waals surface area contributed by atoms with E-state index < -0.39 is 71.4 Å². The molecule has 0 bridgehead atoms. The first kappa shape index (κ1) is 44.3. The molecule has 0 amide bonds. The lowest BCUT2D eigenvalue weighted by Crippen LogP contribution is -2.35. The van der Waals surface area contributed by atoms with E-state index in [-0.39, 0.29) is 63.0 Å². The van der Waals surface area contributed by atoms with Crippen LogP contribution in [-0.4, -0.2) is 40.6 Å². The van der Waals surface area contributed by atoms with Gasteiger partial charge in [0.15, 0.2) is 11.5 Å². The number of nitrogens with one attached hydrogen (secondary N) is 1. The molecule has 0 heterocycles. The zero-order valence-corrected chi connectivity index (χ0v) is 31.4. The van der Waals surface area contributed by atoms with Crippen molar-refractivity contribution in [3.05, 3.63) is 99.9 Å². The molecule has 0 unspecified atom stereocenters. The molecule has 0 spiro atoms. The van der Waals surface area contributed by atoms with Crippen molar-refractivity contribution in [2.24, 2.45) is 0 Å². The van der Waals surface area contributed by atoms with Gasteiger partial charge in [0.05, 0.1) is 45.1 Å². The fraction of sp³-hybridized carbons (Fsp3) is 0.359. The van der Waals surface area contributed by atoms with E-state index in [2.05, 4.69) is 5.32 Å². The highest BCUT2D eigenvalue weighted by Gasteiger charge is 2.39. The molecule has 0 saturated carbocycles. The minimum Gasteiger partial charge on any atom is -0.496 e. The average molecular weight is 822 g/mol. The van der Waals surface area contributed by atoms with Crippen LogP contribution in [-0.2, 0) is 29.8 Å². The number of rotatable bonds is 13. The van der Waals surface area contributed by atoms with Crippen LogP contribution in [0.4, 0.5) is 48.7 Å². The number of hydrogen-bond donors (Lipinski definition) is 1. The van der Waals surface area contributed by atoms with Crippen molar-refractivity contribution in [3.8, 4) is 39.9 Å². The van der Waals surface area contributed by atoms with Crippen LogP contribution < -0.4 is 29.0 Å². The molecule has 0 aliphatic carbocycles. The maximum absolute atomic E-state index is 14.9. The summed E-state index contributed by atoms with van der Waals surface area (Å²) in [5.74, 6) is -1.48. The summed E-state index contributed by atoms with van der Waals surface area (Å²) < 4.78 is 172. The van der Waals surface area contributed by atoms with Crippen molar-refractivity contribution in [2.75, 3.05) is 28.4 Å². The lowest BCUT2D eigenvalue weighted by Gasteiger charge is -2.27. The van der Waals surface area contributed by atoms with E-state index in [0.717, 1.165) is 24.3 Å². The smallest absolute Gasteiger partial charge is 0.496 e. The van der Waals surface area contributed by atoms with Crippen LogP contribution in [0.1, 0.15) is 66.2 Å². The van der Waals surface area contributed by atoms with Crippen molar-refractivity contribution in [3.63, 3.8) is 0 Å². The maximum Gasteiger partial charge on any atom is 0.514 e. The van der Waals surface area contributed by atoms with E-state index in [1.165, 1.54) is 53.6 Å². The SMILES string of the molecule is COc1cc(F)c(C(C)C)cc1-c1ccc(C(F)(F)F)cc1CN[C@@H](C)[C@H](OC(=O)Oc1ccc(OC)c(OC)c1OC)c1cc(C(F)(F)F)cc(C(F)(F)F)c1. The Kier molecular flexibility index (Phi) is 13.5. The number of methoxy groups -OCH3 is 4. The van der Waals surface area contributed by atoms with E-state index in [1.807, 2.05) is 0 Å². The quantitative estimate of drug-likeness (QED) is 0.0811. The summed E-state index contributed by atoms with van der Waals surface area (Å²) in [5, 5.41) is 2.78. The minimum atomic E-state index is -5.29. The second kappa shape index (κ2) is 17.4. The van der Waals surface area contributed by atoms with Gasteiger partial charge in [-0.2, -0.15) is 39.5 Å². The zero-order valence-electron chi connectivity index (χ0n) is 31.4. The molecule has 0 fully saturated rings. The monoisotopic (exact) mass is 821 g/mol. The third-order valence-electron chi connectivity index (χ3n) is 8.76. The second-order valence-electron chi connectivity index (χ2n) is 12.8. The number of alkyl halides is 9. The molecule has 57 heavy (non-hydrogen) atoms. The van der Waals surface area contributed by atoms with Crippen molar-refractivity contribution < 1.29 is 77.1 Å². The Bertz CT molecular complexity index is 2030. The Hall–Kier alpha value is -5.39. The van der Waals surface area contributed by atoms with Gasteiger partial charge in [-0.05, 0) is 83.6 Å². The first-order chi connectivity index (χ1) is 26.5. The molecule has 0 aromatic heterocycles. The minimum absolute atomic E-state index is 0.0378. The van der Waals surface area contributed by atoms with Gasteiger partial charge in [0, 0.05) is 24.2 Å². The Balaban J connectivity index is 1.83. The molecular weight excluding hydrogens is 784 g/mol. The van der Waals surface area contributed by atoms with E-state index in [4.69, 9.17) is 28.4 Å². The number of carbonyl (C=O) groups excluding carboxylic acids is 1. The molecular formula is C39H37F10NO7. The van der Waals surface area contributed by atoms with Gasteiger partial charge in [0.2, 0.25) is 11.5 Å². The van der Waals surface area contributed by atoms with Crippen LogP contribution in [0, 0.1) is 5.82 Å². The first-order valence-corrected chi connectivity index (χ1v) is 16.8. The van der Waals surface area contributed by atoms with Crippen LogP contribution in [0.2, 0.25) is 0 Å². The molecule has 1 N–H and O–H groups in total. The van der Waals surface area contributed by atoms with Gasteiger partial charge in [-0.1, -0.05) is 19.9 Å².